The van der Waals surface area contributed by atoms with Crippen LogP contribution in [0.2, 0.25) is 0 Å². The van der Waals surface area contributed by atoms with Gasteiger partial charge in [0.15, 0.2) is 0 Å². The van der Waals surface area contributed by atoms with E-state index in [0.29, 0.717) is 29.6 Å². The molecular formula is C23H39FO2. The third-order valence-electron chi connectivity index (χ3n) is 8.05. The second kappa shape index (κ2) is 9.07. The van der Waals surface area contributed by atoms with Gasteiger partial charge in [0.1, 0.15) is 0 Å². The number of alkyl halides is 1. The van der Waals surface area contributed by atoms with E-state index in [-0.39, 0.29) is 30.2 Å². The summed E-state index contributed by atoms with van der Waals surface area (Å²) in [4.78, 5) is 0. The minimum atomic E-state index is -0.253. The second-order valence-electron chi connectivity index (χ2n) is 9.44. The van der Waals surface area contributed by atoms with Crippen molar-refractivity contribution in [3.8, 4) is 12.8 Å². The van der Waals surface area contributed by atoms with Crippen LogP contribution in [0.5, 0.6) is 0 Å². The lowest BCUT2D eigenvalue weighted by molar-refractivity contribution is -0.115. The Morgan fingerprint density at radius 1 is 1.15 bits per heavy atom. The number of aliphatic hydroxyl groups excluding tert-OH is 2. The van der Waals surface area contributed by atoms with Crippen molar-refractivity contribution in [2.45, 2.75) is 84.3 Å². The van der Waals surface area contributed by atoms with Crippen molar-refractivity contribution >= 4 is 0 Å². The maximum Gasteiger partial charge on any atom is 0.0925 e. The van der Waals surface area contributed by atoms with Gasteiger partial charge < -0.3 is 10.2 Å². The highest BCUT2D eigenvalue weighted by atomic mass is 19.1. The fraction of sp³-hybridized carbons (Fsp3) is 0.913. The predicted octanol–water partition coefficient (Wildman–Crippen LogP) is 4.83. The van der Waals surface area contributed by atoms with Crippen LogP contribution in [0.4, 0.5) is 4.39 Å². The van der Waals surface area contributed by atoms with Crippen LogP contribution in [0.25, 0.3) is 0 Å². The van der Waals surface area contributed by atoms with Crippen molar-refractivity contribution in [1.82, 2.24) is 0 Å². The molecule has 0 saturated heterocycles. The van der Waals surface area contributed by atoms with E-state index in [9.17, 15) is 14.6 Å². The van der Waals surface area contributed by atoms with E-state index >= 15 is 0 Å². The van der Waals surface area contributed by atoms with Crippen molar-refractivity contribution in [3.05, 3.63) is 0 Å². The summed E-state index contributed by atoms with van der Waals surface area (Å²) in [5, 5.41) is 20.5. The molecule has 0 aliphatic heterocycles. The smallest absolute Gasteiger partial charge is 0.0925 e. The van der Waals surface area contributed by atoms with Crippen LogP contribution < -0.4 is 0 Å². The Hall–Kier alpha value is -0.590. The van der Waals surface area contributed by atoms with Gasteiger partial charge in [-0.1, -0.05) is 26.7 Å². The second-order valence-corrected chi connectivity index (χ2v) is 9.44. The highest BCUT2D eigenvalue weighted by Crippen LogP contribution is 2.63. The number of rotatable bonds is 5. The van der Waals surface area contributed by atoms with Crippen LogP contribution in [-0.4, -0.2) is 29.1 Å². The predicted molar refractivity (Wildman–Crippen MR) is 105 cm³/mol. The van der Waals surface area contributed by atoms with E-state index in [1.165, 1.54) is 19.3 Å². The Morgan fingerprint density at radius 3 is 2.42 bits per heavy atom. The lowest BCUT2D eigenvalue weighted by atomic mass is 9.48. The lowest BCUT2D eigenvalue weighted by Gasteiger charge is -2.57. The zero-order chi connectivity index (χ0) is 19.5. The maximum atomic E-state index is 14.1. The van der Waals surface area contributed by atoms with Crippen molar-refractivity contribution < 1.29 is 14.6 Å². The largest absolute Gasteiger partial charge is 0.393 e. The molecule has 2 N–H and O–H groups in total. The molecule has 3 aliphatic carbocycles. The molecule has 0 amide bonds. The first-order valence-electron chi connectivity index (χ1n) is 10.7. The molecule has 3 rings (SSSR count). The average molecular weight is 367 g/mol. The molecular weight excluding hydrogens is 327 g/mol. The van der Waals surface area contributed by atoms with Gasteiger partial charge in [-0.05, 0) is 86.4 Å². The van der Waals surface area contributed by atoms with Gasteiger partial charge in [-0.3, -0.25) is 4.39 Å². The average Bonchev–Trinajstić information content (AvgIpc) is 2.92. The Labute approximate surface area is 160 Å². The van der Waals surface area contributed by atoms with Gasteiger partial charge >= 0.3 is 0 Å². The molecule has 0 bridgehead atoms. The molecule has 3 aliphatic rings. The summed E-state index contributed by atoms with van der Waals surface area (Å²) in [6, 6.07) is 0. The van der Waals surface area contributed by atoms with Gasteiger partial charge in [0.2, 0.25) is 0 Å². The van der Waals surface area contributed by atoms with Crippen LogP contribution in [0.1, 0.15) is 72.1 Å². The van der Waals surface area contributed by atoms with E-state index in [4.69, 9.17) is 0 Å². The van der Waals surface area contributed by atoms with Gasteiger partial charge in [0.05, 0.1) is 18.9 Å². The Bertz CT molecular complexity index is 462. The molecule has 9 unspecified atom stereocenters. The van der Waals surface area contributed by atoms with E-state index in [1.807, 2.05) is 6.92 Å². The topological polar surface area (TPSA) is 40.5 Å². The quantitative estimate of drug-likeness (QED) is 0.684. The van der Waals surface area contributed by atoms with Crippen molar-refractivity contribution in [2.75, 3.05) is 6.67 Å². The van der Waals surface area contributed by atoms with E-state index in [1.54, 1.807) is 0 Å². The molecule has 26 heavy (non-hydrogen) atoms. The molecule has 3 heteroatoms. The number of fused-ring (bicyclic) bond motifs is 3. The number of halogens is 1. The molecule has 3 saturated carbocycles. The molecule has 0 heterocycles. The van der Waals surface area contributed by atoms with E-state index < -0.39 is 0 Å². The summed E-state index contributed by atoms with van der Waals surface area (Å²) in [7, 11) is 0. The molecule has 150 valence electrons. The van der Waals surface area contributed by atoms with Gasteiger partial charge in [-0.15, -0.1) is 12.8 Å². The minimum Gasteiger partial charge on any atom is -0.393 e. The molecule has 9 atom stereocenters. The van der Waals surface area contributed by atoms with Crippen LogP contribution >= 0.6 is 0 Å². The normalized spacial score (nSPS) is 45.8. The maximum absolute atomic E-state index is 14.1. The number of hydrogen-bond acceptors (Lipinski definition) is 2. The van der Waals surface area contributed by atoms with Gasteiger partial charge in [0.25, 0.3) is 0 Å². The first kappa shape index (κ1) is 21.7. The highest BCUT2D eigenvalue weighted by Gasteiger charge is 2.59. The summed E-state index contributed by atoms with van der Waals surface area (Å²) >= 11 is 0. The summed E-state index contributed by atoms with van der Waals surface area (Å²) < 4.78 is 14.1. The number of aliphatic hydroxyl groups is 2. The number of hydrogen-bond donors (Lipinski definition) is 2. The van der Waals surface area contributed by atoms with Gasteiger partial charge in [0, 0.05) is 0 Å². The first-order chi connectivity index (χ1) is 12.4. The summed E-state index contributed by atoms with van der Waals surface area (Å²) in [6.45, 7) is 6.12. The Morgan fingerprint density at radius 2 is 1.85 bits per heavy atom. The monoisotopic (exact) mass is 366 g/mol. The molecule has 2 nitrogen and oxygen atoms in total. The lowest BCUT2D eigenvalue weighted by Crippen LogP contribution is -2.53. The Balaban J connectivity index is 0.00000117. The third kappa shape index (κ3) is 3.83. The highest BCUT2D eigenvalue weighted by molar-refractivity contribution is 5.08. The Kier molecular flexibility index (Phi) is 7.57. The molecule has 0 aromatic rings. The van der Waals surface area contributed by atoms with Crippen LogP contribution in [0, 0.1) is 53.8 Å². The molecule has 0 aromatic heterocycles. The van der Waals surface area contributed by atoms with Crippen LogP contribution in [0.3, 0.4) is 0 Å². The molecule has 0 spiro atoms. The minimum absolute atomic E-state index is 0.0637. The van der Waals surface area contributed by atoms with E-state index in [2.05, 4.69) is 26.7 Å². The van der Waals surface area contributed by atoms with Crippen molar-refractivity contribution in [2.24, 2.45) is 40.9 Å². The summed E-state index contributed by atoms with van der Waals surface area (Å²) in [6.07, 6.45) is 15.9. The van der Waals surface area contributed by atoms with Gasteiger partial charge in [-0.2, -0.15) is 0 Å². The first-order valence-corrected chi connectivity index (χ1v) is 10.7. The standard InChI is InChI=1S/C21H37FO2.C2H2/c1-4-5-16-14(10-13(2)23)6-7-17-18-8-9-19(24)21(18,3)11-15(12-22)20(16)17;1-2/h13-20,23-24H,4-12H2,1-3H3;1-2H. The fourth-order valence-corrected chi connectivity index (χ4v) is 7.20. The molecule has 0 aromatic carbocycles. The summed E-state index contributed by atoms with van der Waals surface area (Å²) in [5.41, 5.74) is -0.0637. The summed E-state index contributed by atoms with van der Waals surface area (Å²) in [5.74, 6) is 2.85. The number of terminal acetylenes is 1. The van der Waals surface area contributed by atoms with Crippen molar-refractivity contribution in [3.63, 3.8) is 0 Å². The van der Waals surface area contributed by atoms with Crippen molar-refractivity contribution in [1.29, 1.82) is 0 Å². The molecule has 0 radical (unpaired) electrons. The van der Waals surface area contributed by atoms with Crippen LogP contribution in [0.15, 0.2) is 0 Å². The van der Waals surface area contributed by atoms with E-state index in [0.717, 1.165) is 32.1 Å². The SMILES string of the molecule is C#C.CCCC1C(CC(C)O)CCC2C1C(CF)CC1(C)C(O)CCC21. The zero-order valence-electron chi connectivity index (χ0n) is 16.9. The van der Waals surface area contributed by atoms with Gasteiger partial charge in [-0.25, -0.2) is 0 Å². The third-order valence-corrected chi connectivity index (χ3v) is 8.05. The zero-order valence-corrected chi connectivity index (χ0v) is 16.9. The van der Waals surface area contributed by atoms with Crippen LogP contribution in [-0.2, 0) is 0 Å². The molecule has 3 fully saturated rings. The fourth-order valence-electron chi connectivity index (χ4n) is 7.20.